The summed E-state index contributed by atoms with van der Waals surface area (Å²) in [4.78, 5) is 2.24. The highest BCUT2D eigenvalue weighted by atomic mass is 32.2. The van der Waals surface area contributed by atoms with E-state index in [0.717, 1.165) is 24.8 Å². The van der Waals surface area contributed by atoms with Crippen LogP contribution in [0.25, 0.3) is 0 Å². The van der Waals surface area contributed by atoms with Crippen LogP contribution in [-0.2, 0) is 33.0 Å². The maximum atomic E-state index is 11.8. The molecule has 178 valence electrons. The first kappa shape index (κ1) is 24.7. The summed E-state index contributed by atoms with van der Waals surface area (Å²) in [7, 11) is -4.73. The maximum Gasteiger partial charge on any atom is 0.227 e. The molecule has 11 heteroatoms. The molecular weight excluding hydrogens is 450 g/mol. The minimum Gasteiger partial charge on any atom is -0.340 e. The van der Waals surface area contributed by atoms with Crippen molar-refractivity contribution in [2.75, 3.05) is 24.5 Å². The van der Waals surface area contributed by atoms with E-state index in [-0.39, 0.29) is 4.90 Å². The van der Waals surface area contributed by atoms with E-state index < -0.39 is 25.9 Å². The molecule has 1 aromatic carbocycles. The number of benzene rings is 1. The monoisotopic (exact) mass is 483 g/mol. The molecule has 0 radical (unpaired) electrons. The van der Waals surface area contributed by atoms with E-state index in [4.69, 9.17) is 0 Å². The van der Waals surface area contributed by atoms with Gasteiger partial charge in [-0.05, 0) is 42.9 Å². The van der Waals surface area contributed by atoms with Crippen molar-refractivity contribution in [2.45, 2.75) is 57.1 Å². The molecule has 3 unspecified atom stereocenters. The number of aromatic nitrogens is 3. The second kappa shape index (κ2) is 9.48. The SMILES string of the molecule is CC(NS(C)(=O)=O)c1nnc(N(C)Cc2ccc(S(C)(=O)=O)cc2)n1CC1CCCC1C. The van der Waals surface area contributed by atoms with Crippen LogP contribution in [-0.4, -0.2) is 51.2 Å². The van der Waals surface area contributed by atoms with Crippen LogP contribution in [0.2, 0.25) is 0 Å². The van der Waals surface area contributed by atoms with Gasteiger partial charge in [0.05, 0.1) is 17.2 Å². The molecular formula is C21H33N5O4S2. The molecule has 3 rings (SSSR count). The number of sulfonamides is 1. The zero-order valence-corrected chi connectivity index (χ0v) is 20.9. The zero-order valence-electron chi connectivity index (χ0n) is 19.3. The third kappa shape index (κ3) is 6.08. The quantitative estimate of drug-likeness (QED) is 0.582. The third-order valence-corrected chi connectivity index (χ3v) is 8.02. The smallest absolute Gasteiger partial charge is 0.227 e. The van der Waals surface area contributed by atoms with Gasteiger partial charge >= 0.3 is 0 Å². The fourth-order valence-corrected chi connectivity index (χ4v) is 5.75. The summed E-state index contributed by atoms with van der Waals surface area (Å²) in [5, 5.41) is 8.74. The van der Waals surface area contributed by atoms with E-state index in [1.807, 2.05) is 16.5 Å². The summed E-state index contributed by atoms with van der Waals surface area (Å²) >= 11 is 0. The van der Waals surface area contributed by atoms with Crippen LogP contribution in [0.4, 0.5) is 5.95 Å². The summed E-state index contributed by atoms with van der Waals surface area (Å²) < 4.78 is 51.6. The lowest BCUT2D eigenvalue weighted by Crippen LogP contribution is -2.30. The Morgan fingerprint density at radius 3 is 2.31 bits per heavy atom. The minimum absolute atomic E-state index is 0.283. The zero-order chi connectivity index (χ0) is 23.7. The van der Waals surface area contributed by atoms with E-state index >= 15 is 0 Å². The van der Waals surface area contributed by atoms with Gasteiger partial charge in [0.2, 0.25) is 16.0 Å². The number of nitrogens with one attached hydrogen (secondary N) is 1. The highest BCUT2D eigenvalue weighted by molar-refractivity contribution is 7.90. The molecule has 1 fully saturated rings. The van der Waals surface area contributed by atoms with Crippen LogP contribution in [0.3, 0.4) is 0 Å². The predicted octanol–water partition coefficient (Wildman–Crippen LogP) is 2.36. The first-order chi connectivity index (χ1) is 14.8. The topological polar surface area (TPSA) is 114 Å². The van der Waals surface area contributed by atoms with Crippen molar-refractivity contribution in [1.29, 1.82) is 0 Å². The van der Waals surface area contributed by atoms with E-state index in [1.54, 1.807) is 31.2 Å². The average Bonchev–Trinajstić information content (AvgIpc) is 3.27. The van der Waals surface area contributed by atoms with Crippen molar-refractivity contribution in [3.63, 3.8) is 0 Å². The van der Waals surface area contributed by atoms with Crippen molar-refractivity contribution in [2.24, 2.45) is 11.8 Å². The maximum absolute atomic E-state index is 11.8. The molecule has 0 bridgehead atoms. The molecule has 0 spiro atoms. The molecule has 1 saturated carbocycles. The Bertz CT molecular complexity index is 1140. The Labute approximate surface area is 191 Å². The first-order valence-electron chi connectivity index (χ1n) is 10.8. The highest BCUT2D eigenvalue weighted by Gasteiger charge is 2.29. The number of hydrogen-bond donors (Lipinski definition) is 1. The number of hydrogen-bond acceptors (Lipinski definition) is 7. The van der Waals surface area contributed by atoms with Gasteiger partial charge < -0.3 is 4.90 Å². The van der Waals surface area contributed by atoms with Gasteiger partial charge in [-0.25, -0.2) is 21.6 Å². The summed E-state index contributed by atoms with van der Waals surface area (Å²) in [5.74, 6) is 2.32. The molecule has 0 amide bonds. The average molecular weight is 484 g/mol. The third-order valence-electron chi connectivity index (χ3n) is 6.11. The van der Waals surface area contributed by atoms with Crippen LogP contribution in [0.1, 0.15) is 50.5 Å². The van der Waals surface area contributed by atoms with Gasteiger partial charge in [0.1, 0.15) is 0 Å². The summed E-state index contributed by atoms with van der Waals surface area (Å²) in [6.45, 7) is 5.27. The lowest BCUT2D eigenvalue weighted by Gasteiger charge is -2.24. The van der Waals surface area contributed by atoms with E-state index in [1.165, 1.54) is 19.1 Å². The Morgan fingerprint density at radius 2 is 1.78 bits per heavy atom. The Balaban J connectivity index is 1.88. The lowest BCUT2D eigenvalue weighted by molar-refractivity contribution is 0.355. The molecule has 1 aliphatic rings. The molecule has 1 aliphatic carbocycles. The van der Waals surface area contributed by atoms with Gasteiger partial charge in [-0.3, -0.25) is 4.57 Å². The Hall–Kier alpha value is -1.98. The van der Waals surface area contributed by atoms with Crippen LogP contribution >= 0.6 is 0 Å². The second-order valence-electron chi connectivity index (χ2n) is 9.02. The van der Waals surface area contributed by atoms with Crippen molar-refractivity contribution >= 4 is 25.8 Å². The molecule has 2 aromatic rings. The number of rotatable bonds is 9. The van der Waals surface area contributed by atoms with Crippen molar-refractivity contribution in [3.8, 4) is 0 Å². The normalized spacial score (nSPS) is 20.4. The number of sulfone groups is 1. The van der Waals surface area contributed by atoms with Crippen molar-refractivity contribution in [3.05, 3.63) is 35.7 Å². The molecule has 1 heterocycles. The first-order valence-corrected chi connectivity index (χ1v) is 14.5. The molecule has 32 heavy (non-hydrogen) atoms. The minimum atomic E-state index is -3.40. The standard InChI is InChI=1S/C21H33N5O4S2/c1-15-7-6-8-18(15)14-26-20(16(2)24-32(5,29)30)22-23-21(26)25(3)13-17-9-11-19(12-10-17)31(4,27)28/h9-12,15-16,18,24H,6-8,13-14H2,1-5H3. The molecule has 1 N–H and O–H groups in total. The predicted molar refractivity (Wildman–Crippen MR) is 125 cm³/mol. The number of nitrogens with zero attached hydrogens (tertiary/aromatic N) is 4. The van der Waals surface area contributed by atoms with Gasteiger partial charge in [0.15, 0.2) is 15.7 Å². The molecule has 0 saturated heterocycles. The van der Waals surface area contributed by atoms with E-state index in [0.29, 0.717) is 30.2 Å². The molecule has 9 nitrogen and oxygen atoms in total. The number of anilines is 1. The largest absolute Gasteiger partial charge is 0.340 e. The van der Waals surface area contributed by atoms with E-state index in [2.05, 4.69) is 21.8 Å². The molecule has 1 aromatic heterocycles. The van der Waals surface area contributed by atoms with Crippen molar-refractivity contribution in [1.82, 2.24) is 19.5 Å². The van der Waals surface area contributed by atoms with Gasteiger partial charge in [-0.1, -0.05) is 31.9 Å². The summed E-state index contributed by atoms with van der Waals surface area (Å²) in [6.07, 6.45) is 5.84. The Kier molecular flexibility index (Phi) is 7.31. The summed E-state index contributed by atoms with van der Waals surface area (Å²) in [6, 6.07) is 6.29. The second-order valence-corrected chi connectivity index (χ2v) is 12.8. The van der Waals surface area contributed by atoms with Gasteiger partial charge in [-0.15, -0.1) is 10.2 Å². The van der Waals surface area contributed by atoms with Crippen LogP contribution < -0.4 is 9.62 Å². The molecule has 3 atom stereocenters. The molecule has 0 aliphatic heterocycles. The fourth-order valence-electron chi connectivity index (χ4n) is 4.37. The Morgan fingerprint density at radius 1 is 1.12 bits per heavy atom. The van der Waals surface area contributed by atoms with Gasteiger partial charge in [0, 0.05) is 26.4 Å². The van der Waals surface area contributed by atoms with Crippen molar-refractivity contribution < 1.29 is 16.8 Å². The highest BCUT2D eigenvalue weighted by Crippen LogP contribution is 2.34. The van der Waals surface area contributed by atoms with Crippen LogP contribution in [0, 0.1) is 11.8 Å². The summed E-state index contributed by atoms with van der Waals surface area (Å²) in [5.41, 5.74) is 0.938. The van der Waals surface area contributed by atoms with Crippen LogP contribution in [0.5, 0.6) is 0 Å². The van der Waals surface area contributed by atoms with E-state index in [9.17, 15) is 16.8 Å². The lowest BCUT2D eigenvalue weighted by atomic mass is 9.98. The van der Waals surface area contributed by atoms with Gasteiger partial charge in [-0.2, -0.15) is 0 Å². The van der Waals surface area contributed by atoms with Gasteiger partial charge in [0.25, 0.3) is 0 Å². The fraction of sp³-hybridized carbons (Fsp3) is 0.619. The van der Waals surface area contributed by atoms with Crippen LogP contribution in [0.15, 0.2) is 29.2 Å².